The lowest BCUT2D eigenvalue weighted by atomic mass is 10.1. The number of aldehydes is 1. The minimum absolute atomic E-state index is 0.300. The fourth-order valence-corrected chi connectivity index (χ4v) is 4.59. The lowest BCUT2D eigenvalue weighted by Gasteiger charge is -2.14. The largest absolute Gasteiger partial charge is 0.514 e. The summed E-state index contributed by atoms with van der Waals surface area (Å²) in [6.07, 6.45) is -1.41. The molecule has 0 saturated carbocycles. The summed E-state index contributed by atoms with van der Waals surface area (Å²) < 4.78 is 75.5. The summed E-state index contributed by atoms with van der Waals surface area (Å²) >= 11 is 0. The molecule has 0 atom stereocenters. The Bertz CT molecular complexity index is 1700. The number of nitrogens with one attached hydrogen (secondary N) is 1. The van der Waals surface area contributed by atoms with Gasteiger partial charge in [0.25, 0.3) is 25.8 Å². The molecule has 0 amide bonds. The smallest absolute Gasteiger partial charge is 0.437 e. The molecule has 0 unspecified atom stereocenters. The van der Waals surface area contributed by atoms with Gasteiger partial charge in [-0.3, -0.25) is 28.2 Å². The van der Waals surface area contributed by atoms with E-state index >= 15 is 0 Å². The predicted octanol–water partition coefficient (Wildman–Crippen LogP) is 0.627. The summed E-state index contributed by atoms with van der Waals surface area (Å²) in [7, 11) is -8.99. The number of nitrogens with zero attached hydrogens (tertiary/aromatic N) is 1. The minimum atomic E-state index is -5.08. The molecule has 0 aliphatic heterocycles. The predicted molar refractivity (Wildman–Crippen MR) is 124 cm³/mol. The topological polar surface area (TPSA) is 216 Å². The number of rotatable bonds is 8. The van der Waals surface area contributed by atoms with Crippen molar-refractivity contribution in [2.75, 3.05) is 7.11 Å². The molecule has 1 heterocycles. The molecule has 0 fully saturated rings. The van der Waals surface area contributed by atoms with E-state index in [0.29, 0.717) is 28.0 Å². The molecule has 0 aliphatic carbocycles. The minimum Gasteiger partial charge on any atom is -0.437 e. The lowest BCUT2D eigenvalue weighted by molar-refractivity contribution is 0.112. The number of carbonyl (C=O) groups excluding carboxylic acids is 2. The van der Waals surface area contributed by atoms with Crippen molar-refractivity contribution in [2.45, 2.75) is 22.8 Å². The first-order valence-corrected chi connectivity index (χ1v) is 12.9. The Morgan fingerprint density at radius 3 is 2.22 bits per heavy atom. The molecule has 14 nitrogen and oxygen atoms in total. The third-order valence-electron chi connectivity index (χ3n) is 5.03. The van der Waals surface area contributed by atoms with Crippen molar-refractivity contribution >= 4 is 32.7 Å². The third kappa shape index (κ3) is 6.36. The van der Waals surface area contributed by atoms with Gasteiger partial charge in [0.05, 0.1) is 29.0 Å². The molecule has 37 heavy (non-hydrogen) atoms. The molecule has 3 aromatic rings. The monoisotopic (exact) mass is 554 g/mol. The molecule has 1 aromatic heterocycles. The van der Waals surface area contributed by atoms with Crippen molar-refractivity contribution < 1.29 is 45.0 Å². The maximum absolute atomic E-state index is 13.3. The molecule has 16 heteroatoms. The molecular weight excluding hydrogens is 536 g/mol. The highest BCUT2D eigenvalue weighted by molar-refractivity contribution is 7.86. The highest BCUT2D eigenvalue weighted by atomic mass is 32.2. The molecular formula is C21H18N2O12S2. The van der Waals surface area contributed by atoms with Gasteiger partial charge in [-0.25, -0.2) is 9.59 Å². The second-order valence-electron chi connectivity index (χ2n) is 7.44. The molecule has 0 bridgehead atoms. The van der Waals surface area contributed by atoms with Crippen molar-refractivity contribution in [2.24, 2.45) is 0 Å². The van der Waals surface area contributed by atoms with Gasteiger partial charge >= 0.3 is 11.8 Å². The molecule has 3 rings (SSSR count). The van der Waals surface area contributed by atoms with E-state index in [1.807, 2.05) is 0 Å². The molecule has 0 saturated heterocycles. The number of carbonyl (C=O) groups is 2. The summed E-state index contributed by atoms with van der Waals surface area (Å²) in [6.45, 7) is -0.300. The Morgan fingerprint density at radius 1 is 1.03 bits per heavy atom. The average Bonchev–Trinajstić information content (AvgIpc) is 2.83. The number of aromatic amines is 1. The van der Waals surface area contributed by atoms with Crippen LogP contribution in [0.2, 0.25) is 0 Å². The van der Waals surface area contributed by atoms with Gasteiger partial charge in [-0.1, -0.05) is 30.3 Å². The van der Waals surface area contributed by atoms with Crippen LogP contribution in [0.3, 0.4) is 0 Å². The van der Waals surface area contributed by atoms with Crippen molar-refractivity contribution in [1.29, 1.82) is 0 Å². The Morgan fingerprint density at radius 2 is 1.68 bits per heavy atom. The van der Waals surface area contributed by atoms with Crippen molar-refractivity contribution in [1.82, 2.24) is 9.55 Å². The quantitative estimate of drug-likeness (QED) is 0.198. The number of benzene rings is 2. The maximum atomic E-state index is 13.3. The fourth-order valence-electron chi connectivity index (χ4n) is 3.26. The Kier molecular flexibility index (Phi) is 7.77. The summed E-state index contributed by atoms with van der Waals surface area (Å²) in [5, 5.41) is 0. The van der Waals surface area contributed by atoms with Crippen LogP contribution in [0.1, 0.15) is 27.0 Å². The van der Waals surface area contributed by atoms with Gasteiger partial charge in [-0.2, -0.15) is 16.8 Å². The standard InChI is InChI=1S/C21H18N2O12S2/c1-34-21(27)35-18-16(8-14-6-7-15(36(28,29)30)9-17(14)37(31,32)33)19(25)23(20(26)22-18)10-12-2-4-13(11-24)5-3-12/h2-7,9,11H,8,10H2,1H3,(H,22,26)(H,28,29,30)(H,31,32,33). The van der Waals surface area contributed by atoms with Crippen LogP contribution in [0.5, 0.6) is 5.88 Å². The van der Waals surface area contributed by atoms with Gasteiger partial charge in [-0.15, -0.1) is 0 Å². The van der Waals surface area contributed by atoms with Crippen LogP contribution in [-0.4, -0.2) is 55.0 Å². The normalized spacial score (nSPS) is 11.6. The van der Waals surface area contributed by atoms with Gasteiger partial charge < -0.3 is 9.47 Å². The first kappa shape index (κ1) is 27.5. The fraction of sp³-hybridized carbons (Fsp3) is 0.143. The van der Waals surface area contributed by atoms with Crippen LogP contribution in [0, 0.1) is 0 Å². The summed E-state index contributed by atoms with van der Waals surface area (Å²) in [4.78, 5) is 48.9. The number of ether oxygens (including phenoxy) is 2. The first-order valence-electron chi connectivity index (χ1n) is 9.98. The number of methoxy groups -OCH3 is 1. The van der Waals surface area contributed by atoms with Crippen LogP contribution in [-0.2, 0) is 37.9 Å². The van der Waals surface area contributed by atoms with Crippen LogP contribution >= 0.6 is 0 Å². The molecule has 0 aliphatic rings. The average molecular weight is 555 g/mol. The van der Waals surface area contributed by atoms with E-state index in [2.05, 4.69) is 9.72 Å². The van der Waals surface area contributed by atoms with Crippen LogP contribution < -0.4 is 16.0 Å². The number of hydrogen-bond donors (Lipinski definition) is 3. The number of hydrogen-bond acceptors (Lipinski definition) is 10. The zero-order valence-electron chi connectivity index (χ0n) is 18.8. The van der Waals surface area contributed by atoms with E-state index in [9.17, 15) is 45.1 Å². The van der Waals surface area contributed by atoms with Gasteiger partial charge in [0.1, 0.15) is 6.29 Å². The molecule has 2 aromatic carbocycles. The SMILES string of the molecule is COC(=O)Oc1[nH]c(=O)n(Cc2ccc(C=O)cc2)c(=O)c1Cc1ccc(S(=O)(=O)O)cc1S(=O)(=O)O. The Balaban J connectivity index is 2.21. The van der Waals surface area contributed by atoms with Crippen molar-refractivity contribution in [3.8, 4) is 5.88 Å². The van der Waals surface area contributed by atoms with Gasteiger partial charge in [0.15, 0.2) is 0 Å². The molecule has 3 N–H and O–H groups in total. The van der Waals surface area contributed by atoms with E-state index in [0.717, 1.165) is 19.2 Å². The summed E-state index contributed by atoms with van der Waals surface area (Å²) in [5.41, 5.74) is -2.05. The van der Waals surface area contributed by atoms with Crippen LogP contribution in [0.4, 0.5) is 4.79 Å². The zero-order valence-corrected chi connectivity index (χ0v) is 20.4. The van der Waals surface area contributed by atoms with Gasteiger partial charge in [-0.05, 0) is 23.3 Å². The molecule has 196 valence electrons. The Hall–Kier alpha value is -4.12. The van der Waals surface area contributed by atoms with E-state index in [-0.39, 0.29) is 12.1 Å². The number of H-pyrrole nitrogens is 1. The summed E-state index contributed by atoms with van der Waals surface area (Å²) in [5.74, 6) is -0.686. The molecule has 0 spiro atoms. The van der Waals surface area contributed by atoms with E-state index in [1.165, 1.54) is 24.3 Å². The maximum Gasteiger partial charge on any atom is 0.514 e. The van der Waals surface area contributed by atoms with Gasteiger partial charge in [0, 0.05) is 12.0 Å². The lowest BCUT2D eigenvalue weighted by Crippen LogP contribution is -2.38. The first-order chi connectivity index (χ1) is 17.2. The van der Waals surface area contributed by atoms with E-state index in [1.54, 1.807) is 0 Å². The Labute approximate surface area is 208 Å². The number of aromatic nitrogens is 2. The highest BCUT2D eigenvalue weighted by Gasteiger charge is 2.25. The van der Waals surface area contributed by atoms with E-state index in [4.69, 9.17) is 4.74 Å². The second-order valence-corrected chi connectivity index (χ2v) is 10.3. The van der Waals surface area contributed by atoms with Gasteiger partial charge in [0.2, 0.25) is 5.88 Å². The second kappa shape index (κ2) is 10.5. The summed E-state index contributed by atoms with van der Waals surface area (Å²) in [6, 6.07) is 8.07. The van der Waals surface area contributed by atoms with Crippen molar-refractivity contribution in [3.63, 3.8) is 0 Å². The van der Waals surface area contributed by atoms with Crippen LogP contribution in [0.25, 0.3) is 0 Å². The van der Waals surface area contributed by atoms with Crippen molar-refractivity contribution in [3.05, 3.63) is 85.6 Å². The zero-order chi connectivity index (χ0) is 27.5. The van der Waals surface area contributed by atoms with E-state index < -0.39 is 65.3 Å². The highest BCUT2D eigenvalue weighted by Crippen LogP contribution is 2.24. The molecule has 0 radical (unpaired) electrons. The van der Waals surface area contributed by atoms with Crippen LogP contribution in [0.15, 0.2) is 61.8 Å². The third-order valence-corrected chi connectivity index (χ3v) is 6.82.